The summed E-state index contributed by atoms with van der Waals surface area (Å²) in [6.07, 6.45) is -2.87. The molecule has 2 rings (SSSR count). The van der Waals surface area contributed by atoms with E-state index in [1.165, 1.54) is 6.07 Å². The predicted octanol–water partition coefficient (Wildman–Crippen LogP) is 3.01. The lowest BCUT2D eigenvalue weighted by Crippen LogP contribution is -2.28. The summed E-state index contributed by atoms with van der Waals surface area (Å²) in [5, 5.41) is 2.58. The first-order valence-electron chi connectivity index (χ1n) is 6.89. The summed E-state index contributed by atoms with van der Waals surface area (Å²) in [7, 11) is -3.71. The van der Waals surface area contributed by atoms with Crippen LogP contribution in [0.25, 0.3) is 0 Å². The summed E-state index contributed by atoms with van der Waals surface area (Å²) < 4.78 is 63.0. The van der Waals surface area contributed by atoms with E-state index in [0.717, 1.165) is 31.2 Å². The van der Waals surface area contributed by atoms with Crippen molar-refractivity contribution in [2.75, 3.05) is 6.54 Å². The molecule has 7 heteroatoms. The van der Waals surface area contributed by atoms with Crippen LogP contribution in [0.4, 0.5) is 13.2 Å². The Kier molecular flexibility index (Phi) is 4.63. The van der Waals surface area contributed by atoms with Crippen molar-refractivity contribution in [1.29, 1.82) is 0 Å². The van der Waals surface area contributed by atoms with Crippen LogP contribution in [0.2, 0.25) is 0 Å². The molecule has 0 heterocycles. The number of hydrogen-bond donors (Lipinski definition) is 1. The van der Waals surface area contributed by atoms with Gasteiger partial charge in [-0.05, 0) is 44.0 Å². The van der Waals surface area contributed by atoms with Crippen molar-refractivity contribution >= 4 is 9.84 Å². The van der Waals surface area contributed by atoms with E-state index < -0.39 is 26.8 Å². The van der Waals surface area contributed by atoms with Crippen molar-refractivity contribution in [2.24, 2.45) is 0 Å². The van der Waals surface area contributed by atoms with Gasteiger partial charge in [-0.25, -0.2) is 8.42 Å². The maximum atomic E-state index is 12.7. The zero-order chi connectivity index (χ0) is 15.7. The minimum Gasteiger partial charge on any atom is -0.314 e. The van der Waals surface area contributed by atoms with E-state index >= 15 is 0 Å². The van der Waals surface area contributed by atoms with E-state index in [1.807, 2.05) is 6.92 Å². The molecule has 1 aliphatic rings. The van der Waals surface area contributed by atoms with Gasteiger partial charge in [0.2, 0.25) is 0 Å². The smallest absolute Gasteiger partial charge is 0.314 e. The molecule has 0 radical (unpaired) electrons. The van der Waals surface area contributed by atoms with Crippen LogP contribution in [0.1, 0.15) is 31.7 Å². The largest absolute Gasteiger partial charge is 0.416 e. The molecule has 0 bridgehead atoms. The van der Waals surface area contributed by atoms with Gasteiger partial charge in [0, 0.05) is 6.04 Å². The molecule has 1 N–H and O–H groups in total. The Morgan fingerprint density at radius 2 is 2.00 bits per heavy atom. The van der Waals surface area contributed by atoms with Gasteiger partial charge in [0.15, 0.2) is 9.84 Å². The van der Waals surface area contributed by atoms with Gasteiger partial charge >= 0.3 is 6.18 Å². The SMILES string of the molecule is CCNC1CCC(S(=O)(=O)c2cccc(C(F)(F)F)c2)C1. The fraction of sp³-hybridized carbons (Fsp3) is 0.571. The molecule has 3 nitrogen and oxygen atoms in total. The second-order valence-electron chi connectivity index (χ2n) is 5.26. The van der Waals surface area contributed by atoms with Gasteiger partial charge in [-0.1, -0.05) is 13.0 Å². The van der Waals surface area contributed by atoms with Gasteiger partial charge in [0.05, 0.1) is 15.7 Å². The molecule has 1 aliphatic carbocycles. The number of alkyl halides is 3. The molecule has 118 valence electrons. The van der Waals surface area contributed by atoms with Gasteiger partial charge in [-0.2, -0.15) is 13.2 Å². The summed E-state index contributed by atoms with van der Waals surface area (Å²) in [4.78, 5) is -0.237. The van der Waals surface area contributed by atoms with E-state index in [4.69, 9.17) is 0 Å². The Hall–Kier alpha value is -1.08. The standard InChI is InChI=1S/C14H18F3NO2S/c1-2-18-11-6-7-13(9-11)21(19,20)12-5-3-4-10(8-12)14(15,16)17/h3-5,8,11,13,18H,2,6-7,9H2,1H3. The lowest BCUT2D eigenvalue weighted by atomic mass is 10.2. The van der Waals surface area contributed by atoms with E-state index in [1.54, 1.807) is 0 Å². The topological polar surface area (TPSA) is 46.2 Å². The normalized spacial score (nSPS) is 23.4. The molecule has 0 saturated heterocycles. The van der Waals surface area contributed by atoms with Crippen LogP contribution < -0.4 is 5.32 Å². The number of nitrogens with one attached hydrogen (secondary N) is 1. The molecule has 1 fully saturated rings. The van der Waals surface area contributed by atoms with Crippen molar-refractivity contribution in [2.45, 2.75) is 48.5 Å². The minimum absolute atomic E-state index is 0.126. The fourth-order valence-corrected chi connectivity index (χ4v) is 4.61. The van der Waals surface area contributed by atoms with Crippen molar-refractivity contribution < 1.29 is 21.6 Å². The average Bonchev–Trinajstić information content (AvgIpc) is 2.88. The molecule has 21 heavy (non-hydrogen) atoms. The van der Waals surface area contributed by atoms with Crippen LogP contribution in [0, 0.1) is 0 Å². The van der Waals surface area contributed by atoms with Crippen LogP contribution in [0.15, 0.2) is 29.2 Å². The third-order valence-corrected chi connectivity index (χ3v) is 6.02. The Bertz CT molecular complexity index is 598. The second kappa shape index (κ2) is 5.96. The van der Waals surface area contributed by atoms with Crippen LogP contribution in [-0.2, 0) is 16.0 Å². The summed E-state index contributed by atoms with van der Waals surface area (Å²) in [5.74, 6) is 0. The maximum Gasteiger partial charge on any atom is 0.416 e. The van der Waals surface area contributed by atoms with Crippen LogP contribution in [0.5, 0.6) is 0 Å². The third-order valence-electron chi connectivity index (χ3n) is 3.81. The molecule has 1 saturated carbocycles. The van der Waals surface area contributed by atoms with Gasteiger partial charge < -0.3 is 5.32 Å². The monoisotopic (exact) mass is 321 g/mol. The van der Waals surface area contributed by atoms with Crippen molar-refractivity contribution in [3.05, 3.63) is 29.8 Å². The highest BCUT2D eigenvalue weighted by Gasteiger charge is 2.37. The highest BCUT2D eigenvalue weighted by molar-refractivity contribution is 7.92. The number of benzene rings is 1. The average molecular weight is 321 g/mol. The lowest BCUT2D eigenvalue weighted by Gasteiger charge is -2.14. The first kappa shape index (κ1) is 16.3. The Balaban J connectivity index is 2.25. The Morgan fingerprint density at radius 3 is 2.62 bits per heavy atom. The fourth-order valence-electron chi connectivity index (χ4n) is 2.74. The molecular weight excluding hydrogens is 303 g/mol. The highest BCUT2D eigenvalue weighted by atomic mass is 32.2. The highest BCUT2D eigenvalue weighted by Crippen LogP contribution is 2.34. The molecule has 2 atom stereocenters. The number of halogens is 3. The Morgan fingerprint density at radius 1 is 1.29 bits per heavy atom. The lowest BCUT2D eigenvalue weighted by molar-refractivity contribution is -0.137. The van der Waals surface area contributed by atoms with E-state index in [9.17, 15) is 21.6 Å². The van der Waals surface area contributed by atoms with Gasteiger partial charge in [0.1, 0.15) is 0 Å². The quantitative estimate of drug-likeness (QED) is 0.927. The zero-order valence-electron chi connectivity index (χ0n) is 11.7. The first-order chi connectivity index (χ1) is 9.75. The van der Waals surface area contributed by atoms with Crippen molar-refractivity contribution in [3.8, 4) is 0 Å². The third kappa shape index (κ3) is 3.58. The summed E-state index contributed by atoms with van der Waals surface area (Å²) in [5.41, 5.74) is -0.926. The first-order valence-corrected chi connectivity index (χ1v) is 8.44. The molecule has 0 aromatic heterocycles. The molecule has 1 aromatic rings. The molecular formula is C14H18F3NO2S. The second-order valence-corrected chi connectivity index (χ2v) is 7.49. The van der Waals surface area contributed by atoms with Crippen molar-refractivity contribution in [1.82, 2.24) is 5.32 Å². The van der Waals surface area contributed by atoms with E-state index in [-0.39, 0.29) is 10.9 Å². The van der Waals surface area contributed by atoms with Gasteiger partial charge in [0.25, 0.3) is 0 Å². The molecule has 0 spiro atoms. The Labute approximate surface area is 122 Å². The van der Waals surface area contributed by atoms with E-state index in [0.29, 0.717) is 12.8 Å². The van der Waals surface area contributed by atoms with E-state index in [2.05, 4.69) is 5.32 Å². The van der Waals surface area contributed by atoms with Crippen molar-refractivity contribution in [3.63, 3.8) is 0 Å². The summed E-state index contributed by atoms with van der Waals surface area (Å²) in [6, 6.07) is 4.13. The van der Waals surface area contributed by atoms with Crippen LogP contribution in [0.3, 0.4) is 0 Å². The van der Waals surface area contributed by atoms with Crippen LogP contribution in [-0.4, -0.2) is 26.3 Å². The molecule has 0 aliphatic heterocycles. The number of sulfone groups is 1. The predicted molar refractivity (Wildman–Crippen MR) is 73.7 cm³/mol. The number of hydrogen-bond acceptors (Lipinski definition) is 3. The van der Waals surface area contributed by atoms with Gasteiger partial charge in [-0.15, -0.1) is 0 Å². The molecule has 2 unspecified atom stereocenters. The van der Waals surface area contributed by atoms with Crippen LogP contribution >= 0.6 is 0 Å². The summed E-state index contributed by atoms with van der Waals surface area (Å²) in [6.45, 7) is 2.69. The molecule has 1 aromatic carbocycles. The summed E-state index contributed by atoms with van der Waals surface area (Å²) >= 11 is 0. The number of rotatable bonds is 4. The maximum absolute atomic E-state index is 12.7. The van der Waals surface area contributed by atoms with Gasteiger partial charge in [-0.3, -0.25) is 0 Å². The minimum atomic E-state index is -4.53. The molecule has 0 amide bonds. The zero-order valence-corrected chi connectivity index (χ0v) is 12.5.